The van der Waals surface area contributed by atoms with Crippen LogP contribution < -0.4 is 0 Å². The van der Waals surface area contributed by atoms with Gasteiger partial charge in [-0.3, -0.25) is 0 Å². The van der Waals surface area contributed by atoms with Crippen LogP contribution in [-0.4, -0.2) is 30.9 Å². The molecule has 0 amide bonds. The number of halogens is 1. The SMILES string of the molecule is Oc1cccc(/C(=N\c2cnc[nH]2)c2c(O)[nH]c3ccc(Br)cc23)c1. The summed E-state index contributed by atoms with van der Waals surface area (Å²) in [6.45, 7) is 0. The Bertz CT molecular complexity index is 1080. The Labute approximate surface area is 151 Å². The molecule has 0 atom stereocenters. The fourth-order valence-electron chi connectivity index (χ4n) is 2.74. The third kappa shape index (κ3) is 2.89. The topological polar surface area (TPSA) is 97.3 Å². The number of nitrogens with one attached hydrogen (secondary N) is 2. The Kier molecular flexibility index (Phi) is 3.77. The molecule has 0 bridgehead atoms. The van der Waals surface area contributed by atoms with Crippen molar-refractivity contribution in [1.82, 2.24) is 15.0 Å². The fourth-order valence-corrected chi connectivity index (χ4v) is 3.10. The highest BCUT2D eigenvalue weighted by atomic mass is 79.9. The predicted molar refractivity (Wildman–Crippen MR) is 99.7 cm³/mol. The zero-order chi connectivity index (χ0) is 17.4. The number of fused-ring (bicyclic) bond motifs is 1. The van der Waals surface area contributed by atoms with Crippen LogP contribution in [0, 0.1) is 0 Å². The zero-order valence-electron chi connectivity index (χ0n) is 12.9. The van der Waals surface area contributed by atoms with Gasteiger partial charge in [0.05, 0.1) is 23.8 Å². The molecular formula is C18H13BrN4O2. The van der Waals surface area contributed by atoms with E-state index in [1.165, 1.54) is 6.33 Å². The molecule has 2 aromatic carbocycles. The lowest BCUT2D eigenvalue weighted by Crippen LogP contribution is -2.03. The van der Waals surface area contributed by atoms with Gasteiger partial charge in [0.1, 0.15) is 11.6 Å². The maximum absolute atomic E-state index is 10.5. The van der Waals surface area contributed by atoms with Crippen molar-refractivity contribution in [1.29, 1.82) is 0 Å². The number of aromatic hydroxyl groups is 2. The van der Waals surface area contributed by atoms with Crippen LogP contribution in [0.5, 0.6) is 11.6 Å². The standard InChI is InChI=1S/C18H13BrN4O2/c19-11-4-5-14-13(7-11)16(18(25)22-14)17(23-15-8-20-9-21-15)10-2-1-3-12(24)6-10/h1-9,22,24-25H,(H,20,21)/b23-17+. The summed E-state index contributed by atoms with van der Waals surface area (Å²) in [7, 11) is 0. The average Bonchev–Trinajstić information content (AvgIpc) is 3.20. The number of imidazole rings is 1. The minimum atomic E-state index is 0.00899. The highest BCUT2D eigenvalue weighted by Crippen LogP contribution is 2.33. The van der Waals surface area contributed by atoms with E-state index < -0.39 is 0 Å². The van der Waals surface area contributed by atoms with E-state index in [-0.39, 0.29) is 11.6 Å². The van der Waals surface area contributed by atoms with Crippen LogP contribution in [-0.2, 0) is 0 Å². The van der Waals surface area contributed by atoms with E-state index in [0.717, 1.165) is 15.4 Å². The Hall–Kier alpha value is -3.06. The molecule has 4 aromatic rings. The number of H-pyrrole nitrogens is 2. The van der Waals surface area contributed by atoms with Gasteiger partial charge in [0.25, 0.3) is 0 Å². The van der Waals surface area contributed by atoms with Crippen LogP contribution in [0.25, 0.3) is 10.9 Å². The van der Waals surface area contributed by atoms with Crippen LogP contribution in [0.1, 0.15) is 11.1 Å². The van der Waals surface area contributed by atoms with Crippen LogP contribution in [0.15, 0.2) is 64.5 Å². The van der Waals surface area contributed by atoms with Gasteiger partial charge in [0, 0.05) is 20.9 Å². The maximum Gasteiger partial charge on any atom is 0.199 e. The smallest absolute Gasteiger partial charge is 0.199 e. The molecule has 4 rings (SSSR count). The van der Waals surface area contributed by atoms with Crippen molar-refractivity contribution < 1.29 is 10.2 Å². The highest BCUT2D eigenvalue weighted by Gasteiger charge is 2.19. The second-order valence-corrected chi connectivity index (χ2v) is 6.40. The molecular weight excluding hydrogens is 384 g/mol. The van der Waals surface area contributed by atoms with Gasteiger partial charge in [0.15, 0.2) is 5.88 Å². The summed E-state index contributed by atoms with van der Waals surface area (Å²) in [6, 6.07) is 12.4. The molecule has 0 spiro atoms. The van der Waals surface area contributed by atoms with Crippen molar-refractivity contribution in [3.63, 3.8) is 0 Å². The molecule has 2 heterocycles. The molecule has 0 aliphatic carbocycles. The molecule has 4 N–H and O–H groups in total. The summed E-state index contributed by atoms with van der Waals surface area (Å²) >= 11 is 3.46. The second-order valence-electron chi connectivity index (χ2n) is 5.49. The van der Waals surface area contributed by atoms with Crippen LogP contribution in [0.4, 0.5) is 5.82 Å². The molecule has 6 nitrogen and oxygen atoms in total. The molecule has 0 unspecified atom stereocenters. The van der Waals surface area contributed by atoms with Crippen molar-refractivity contribution in [2.24, 2.45) is 4.99 Å². The molecule has 0 radical (unpaired) electrons. The van der Waals surface area contributed by atoms with E-state index in [1.54, 1.807) is 24.4 Å². The number of benzene rings is 2. The van der Waals surface area contributed by atoms with Gasteiger partial charge in [-0.1, -0.05) is 28.1 Å². The number of aliphatic imine (C=N–C) groups is 1. The minimum Gasteiger partial charge on any atom is -0.508 e. The number of aromatic amines is 2. The third-order valence-corrected chi connectivity index (χ3v) is 4.31. The predicted octanol–water partition coefficient (Wildman–Crippen LogP) is 4.23. The van der Waals surface area contributed by atoms with Gasteiger partial charge in [-0.15, -0.1) is 0 Å². The molecule has 0 aliphatic rings. The van der Waals surface area contributed by atoms with Crippen LogP contribution in [0.3, 0.4) is 0 Å². The van der Waals surface area contributed by atoms with Gasteiger partial charge >= 0.3 is 0 Å². The van der Waals surface area contributed by atoms with Crippen molar-refractivity contribution in [3.8, 4) is 11.6 Å². The normalized spacial score (nSPS) is 12.0. The Morgan fingerprint density at radius 2 is 2.00 bits per heavy atom. The van der Waals surface area contributed by atoms with Crippen molar-refractivity contribution in [2.45, 2.75) is 0 Å². The fraction of sp³-hybridized carbons (Fsp3) is 0. The van der Waals surface area contributed by atoms with Gasteiger partial charge in [-0.2, -0.15) is 0 Å². The van der Waals surface area contributed by atoms with Crippen LogP contribution in [0.2, 0.25) is 0 Å². The molecule has 0 fully saturated rings. The van der Waals surface area contributed by atoms with Crippen LogP contribution >= 0.6 is 15.9 Å². The number of nitrogens with zero attached hydrogens (tertiary/aromatic N) is 2. The lowest BCUT2D eigenvalue weighted by molar-refractivity contribution is 0.457. The average molecular weight is 397 g/mol. The molecule has 0 aliphatic heterocycles. The number of phenolic OH excluding ortho intramolecular Hbond substituents is 1. The molecule has 0 saturated heterocycles. The Balaban J connectivity index is 2.02. The van der Waals surface area contributed by atoms with E-state index in [9.17, 15) is 10.2 Å². The highest BCUT2D eigenvalue weighted by molar-refractivity contribution is 9.10. The Morgan fingerprint density at radius 3 is 2.76 bits per heavy atom. The first-order valence-corrected chi connectivity index (χ1v) is 8.28. The first kappa shape index (κ1) is 15.5. The minimum absolute atomic E-state index is 0.00899. The van der Waals surface area contributed by atoms with E-state index in [1.807, 2.05) is 24.3 Å². The number of hydrogen-bond acceptors (Lipinski definition) is 4. The summed E-state index contributed by atoms with van der Waals surface area (Å²) < 4.78 is 0.886. The summed E-state index contributed by atoms with van der Waals surface area (Å²) in [6.07, 6.45) is 3.12. The molecule has 2 aromatic heterocycles. The van der Waals surface area contributed by atoms with Gasteiger partial charge in [-0.05, 0) is 30.3 Å². The van der Waals surface area contributed by atoms with E-state index in [0.29, 0.717) is 22.7 Å². The Morgan fingerprint density at radius 1 is 1.12 bits per heavy atom. The first-order valence-electron chi connectivity index (χ1n) is 7.49. The number of phenols is 1. The largest absolute Gasteiger partial charge is 0.508 e. The summed E-state index contributed by atoms with van der Waals surface area (Å²) in [5.74, 6) is 0.673. The number of aromatic nitrogens is 3. The summed E-state index contributed by atoms with van der Waals surface area (Å²) in [4.78, 5) is 14.5. The second kappa shape index (κ2) is 6.10. The maximum atomic E-state index is 10.5. The number of rotatable bonds is 3. The molecule has 0 saturated carbocycles. The monoisotopic (exact) mass is 396 g/mol. The van der Waals surface area contributed by atoms with Crippen molar-refractivity contribution in [3.05, 3.63) is 70.6 Å². The van der Waals surface area contributed by atoms with Crippen molar-refractivity contribution >= 4 is 38.4 Å². The lowest BCUT2D eigenvalue weighted by atomic mass is 10.0. The lowest BCUT2D eigenvalue weighted by Gasteiger charge is -2.07. The van der Waals surface area contributed by atoms with Gasteiger partial charge in [0.2, 0.25) is 0 Å². The molecule has 124 valence electrons. The molecule has 7 heteroatoms. The van der Waals surface area contributed by atoms with E-state index in [4.69, 9.17) is 0 Å². The summed E-state index contributed by atoms with van der Waals surface area (Å²) in [5, 5.41) is 21.2. The third-order valence-electron chi connectivity index (χ3n) is 3.81. The van der Waals surface area contributed by atoms with E-state index >= 15 is 0 Å². The van der Waals surface area contributed by atoms with Crippen molar-refractivity contribution in [2.75, 3.05) is 0 Å². The number of hydrogen-bond donors (Lipinski definition) is 4. The van der Waals surface area contributed by atoms with Gasteiger partial charge < -0.3 is 20.2 Å². The first-order chi connectivity index (χ1) is 12.1. The summed E-state index contributed by atoms with van der Waals surface area (Å²) in [5.41, 5.74) is 2.53. The molecule has 25 heavy (non-hydrogen) atoms. The zero-order valence-corrected chi connectivity index (χ0v) is 14.4. The quantitative estimate of drug-likeness (QED) is 0.390. The van der Waals surface area contributed by atoms with Gasteiger partial charge in [-0.25, -0.2) is 9.98 Å². The van der Waals surface area contributed by atoms with E-state index in [2.05, 4.69) is 35.9 Å².